The van der Waals surface area contributed by atoms with Gasteiger partial charge in [0.1, 0.15) is 11.8 Å². The van der Waals surface area contributed by atoms with Gasteiger partial charge in [0.15, 0.2) is 0 Å². The largest absolute Gasteiger partial charge is 0.429 e. The summed E-state index contributed by atoms with van der Waals surface area (Å²) in [6, 6.07) is 8.99. The Labute approximate surface area is 182 Å². The Balaban J connectivity index is 1.38. The maximum atomic E-state index is 13.1. The lowest BCUT2D eigenvalue weighted by atomic mass is 10.0. The number of hydrogen-bond donors (Lipinski definition) is 0. The molecule has 8 heteroatoms. The number of benzene rings is 1. The minimum atomic E-state index is -0.314. The molecular weight excluding hydrogens is 396 g/mol. The molecule has 0 spiro atoms. The van der Waals surface area contributed by atoms with Crippen molar-refractivity contribution in [3.63, 3.8) is 0 Å². The van der Waals surface area contributed by atoms with Crippen LogP contribution < -0.4 is 4.74 Å². The predicted octanol–water partition coefficient (Wildman–Crippen LogP) is 1.72. The van der Waals surface area contributed by atoms with E-state index in [4.69, 9.17) is 4.74 Å². The number of fused-ring (bicyclic) bond motifs is 2. The summed E-state index contributed by atoms with van der Waals surface area (Å²) < 4.78 is 4.84. The second-order valence-corrected chi connectivity index (χ2v) is 8.78. The quantitative estimate of drug-likeness (QED) is 0.619. The number of hydrogen-bond acceptors (Lipinski definition) is 6. The van der Waals surface area contributed by atoms with Crippen LogP contribution in [-0.2, 0) is 14.4 Å². The lowest BCUT2D eigenvalue weighted by Gasteiger charge is -2.38. The lowest BCUT2D eigenvalue weighted by Crippen LogP contribution is -2.53. The minimum absolute atomic E-state index is 0.0159. The zero-order valence-electron chi connectivity index (χ0n) is 17.9. The van der Waals surface area contributed by atoms with Gasteiger partial charge in [-0.25, -0.2) is 0 Å². The van der Waals surface area contributed by atoms with E-state index in [2.05, 4.69) is 11.0 Å². The van der Waals surface area contributed by atoms with Crippen LogP contribution in [0.25, 0.3) is 0 Å². The van der Waals surface area contributed by atoms with E-state index in [0.717, 1.165) is 31.4 Å². The fraction of sp³-hybridized carbons (Fsp3) is 0.565. The Kier molecular flexibility index (Phi) is 5.96. The summed E-state index contributed by atoms with van der Waals surface area (Å²) in [5, 5.41) is 9.26. The molecule has 1 aromatic rings. The lowest BCUT2D eigenvalue weighted by molar-refractivity contribution is -0.142. The molecule has 0 saturated carbocycles. The topological polar surface area (TPSA) is 93.9 Å². The van der Waals surface area contributed by atoms with E-state index in [1.807, 2.05) is 30.9 Å². The Morgan fingerprint density at radius 3 is 2.71 bits per heavy atom. The molecule has 3 aliphatic heterocycles. The smallest absolute Gasteiger partial charge is 0.298 e. The van der Waals surface area contributed by atoms with Crippen molar-refractivity contribution in [1.29, 1.82) is 5.26 Å². The highest BCUT2D eigenvalue weighted by atomic mass is 16.5. The normalized spacial score (nSPS) is 27.3. The van der Waals surface area contributed by atoms with Crippen LogP contribution in [0.3, 0.4) is 0 Å². The molecule has 3 saturated heterocycles. The van der Waals surface area contributed by atoms with Gasteiger partial charge in [0, 0.05) is 31.6 Å². The van der Waals surface area contributed by atoms with Gasteiger partial charge in [-0.1, -0.05) is 19.1 Å². The van der Waals surface area contributed by atoms with E-state index in [9.17, 15) is 19.6 Å². The third-order valence-corrected chi connectivity index (χ3v) is 6.89. The zero-order chi connectivity index (χ0) is 22.1. The molecule has 31 heavy (non-hydrogen) atoms. The molecule has 4 rings (SSSR count). The second-order valence-electron chi connectivity index (χ2n) is 8.78. The van der Waals surface area contributed by atoms with Gasteiger partial charge < -0.3 is 14.5 Å². The van der Waals surface area contributed by atoms with Gasteiger partial charge in [-0.3, -0.25) is 19.3 Å². The molecule has 2 amide bonds. The first kappa shape index (κ1) is 21.3. The molecule has 0 aromatic heterocycles. The van der Waals surface area contributed by atoms with Gasteiger partial charge in [0.25, 0.3) is 6.47 Å². The first-order valence-electron chi connectivity index (χ1n) is 10.9. The van der Waals surface area contributed by atoms with Crippen LogP contribution in [0.4, 0.5) is 0 Å². The maximum absolute atomic E-state index is 13.1. The molecule has 3 fully saturated rings. The SMILES string of the molecule is C[C@H](c1ccc(OC=O)cc1)N1C(=O)[C@H]2C[C@@H]1CN2C[C@H](C)C(=O)N1CCC[C@H]1C#N. The number of nitriles is 1. The number of piperazine rings is 1. The van der Waals surface area contributed by atoms with Crippen LogP contribution in [0.1, 0.15) is 44.7 Å². The van der Waals surface area contributed by atoms with Crippen molar-refractivity contribution in [3.05, 3.63) is 29.8 Å². The molecule has 3 aliphatic rings. The Hall–Kier alpha value is -2.92. The fourth-order valence-corrected chi connectivity index (χ4v) is 5.32. The highest BCUT2D eigenvalue weighted by molar-refractivity contribution is 5.86. The molecule has 3 heterocycles. The summed E-state index contributed by atoms with van der Waals surface area (Å²) in [4.78, 5) is 42.2. The third kappa shape index (κ3) is 3.90. The van der Waals surface area contributed by atoms with Crippen molar-refractivity contribution in [2.45, 2.75) is 57.3 Å². The highest BCUT2D eigenvalue weighted by Gasteiger charge is 2.51. The van der Waals surface area contributed by atoms with Crippen molar-refractivity contribution in [2.75, 3.05) is 19.6 Å². The third-order valence-electron chi connectivity index (χ3n) is 6.89. The molecule has 2 bridgehead atoms. The molecule has 164 valence electrons. The van der Waals surface area contributed by atoms with Crippen LogP contribution in [-0.4, -0.2) is 70.7 Å². The number of rotatable bonds is 7. The van der Waals surface area contributed by atoms with Crippen molar-refractivity contribution in [3.8, 4) is 11.8 Å². The summed E-state index contributed by atoms with van der Waals surface area (Å²) in [5.41, 5.74) is 0.992. The maximum Gasteiger partial charge on any atom is 0.298 e. The number of amides is 2. The van der Waals surface area contributed by atoms with E-state index in [1.54, 1.807) is 17.0 Å². The van der Waals surface area contributed by atoms with Gasteiger partial charge in [-0.2, -0.15) is 5.26 Å². The van der Waals surface area contributed by atoms with Crippen molar-refractivity contribution >= 4 is 18.3 Å². The van der Waals surface area contributed by atoms with Crippen molar-refractivity contribution in [1.82, 2.24) is 14.7 Å². The monoisotopic (exact) mass is 424 g/mol. The summed E-state index contributed by atoms with van der Waals surface area (Å²) in [5.74, 6) is 0.355. The van der Waals surface area contributed by atoms with Gasteiger partial charge in [-0.15, -0.1) is 0 Å². The average Bonchev–Trinajstić information content (AvgIpc) is 3.48. The summed E-state index contributed by atoms with van der Waals surface area (Å²) >= 11 is 0. The van der Waals surface area contributed by atoms with Crippen LogP contribution in [0.2, 0.25) is 0 Å². The molecule has 0 radical (unpaired) electrons. The number of nitrogens with zero attached hydrogens (tertiary/aromatic N) is 4. The molecule has 8 nitrogen and oxygen atoms in total. The first-order chi connectivity index (χ1) is 14.9. The minimum Gasteiger partial charge on any atom is -0.429 e. The predicted molar refractivity (Wildman–Crippen MR) is 112 cm³/mol. The Bertz CT molecular complexity index is 896. The summed E-state index contributed by atoms with van der Waals surface area (Å²) in [7, 11) is 0. The summed E-state index contributed by atoms with van der Waals surface area (Å²) in [6.07, 6.45) is 2.40. The average molecular weight is 425 g/mol. The molecule has 1 aromatic carbocycles. The molecule has 0 N–H and O–H groups in total. The van der Waals surface area contributed by atoms with Crippen LogP contribution >= 0.6 is 0 Å². The van der Waals surface area contributed by atoms with Gasteiger partial charge >= 0.3 is 0 Å². The van der Waals surface area contributed by atoms with E-state index >= 15 is 0 Å². The Morgan fingerprint density at radius 1 is 1.32 bits per heavy atom. The highest BCUT2D eigenvalue weighted by Crippen LogP contribution is 2.38. The van der Waals surface area contributed by atoms with Crippen molar-refractivity contribution in [2.24, 2.45) is 5.92 Å². The molecular formula is C23H28N4O4. The number of carbonyl (C=O) groups is 3. The summed E-state index contributed by atoms with van der Waals surface area (Å²) in [6.45, 7) is 6.25. The number of ether oxygens (including phenoxy) is 1. The number of carbonyl (C=O) groups excluding carboxylic acids is 3. The van der Waals surface area contributed by atoms with E-state index in [0.29, 0.717) is 25.3 Å². The first-order valence-corrected chi connectivity index (χ1v) is 10.9. The van der Waals surface area contributed by atoms with Crippen LogP contribution in [0.15, 0.2) is 24.3 Å². The molecule has 0 unspecified atom stereocenters. The standard InChI is InChI=1S/C23H28N4O4/c1-15(22(29)26-9-3-4-18(26)11-24)12-25-13-19-10-21(25)23(30)27(19)16(2)17-5-7-20(8-6-17)31-14-28/h5-8,14-16,18-19,21H,3-4,9-10,12-13H2,1-2H3/t15-,16+,18-,19+,21+/m0/s1. The van der Waals surface area contributed by atoms with Crippen molar-refractivity contribution < 1.29 is 19.1 Å². The van der Waals surface area contributed by atoms with E-state index in [1.165, 1.54) is 0 Å². The van der Waals surface area contributed by atoms with E-state index < -0.39 is 0 Å². The number of likely N-dealkylation sites (tertiary alicyclic amines) is 3. The zero-order valence-corrected chi connectivity index (χ0v) is 17.9. The fourth-order valence-electron chi connectivity index (χ4n) is 5.32. The van der Waals surface area contributed by atoms with Gasteiger partial charge in [0.05, 0.1) is 18.2 Å². The second kappa shape index (κ2) is 8.67. The van der Waals surface area contributed by atoms with E-state index in [-0.39, 0.29) is 41.9 Å². The van der Waals surface area contributed by atoms with Crippen LogP contribution in [0.5, 0.6) is 5.75 Å². The van der Waals surface area contributed by atoms with Gasteiger partial charge in [0.2, 0.25) is 11.8 Å². The molecule has 0 aliphatic carbocycles. The Morgan fingerprint density at radius 2 is 2.06 bits per heavy atom. The van der Waals surface area contributed by atoms with Crippen LogP contribution in [0, 0.1) is 17.2 Å². The molecule has 5 atom stereocenters. The van der Waals surface area contributed by atoms with Gasteiger partial charge in [-0.05, 0) is 43.9 Å².